The summed E-state index contributed by atoms with van der Waals surface area (Å²) in [6.07, 6.45) is -0.350. The number of nitrogens with zero attached hydrogens (tertiary/aromatic N) is 1. The molecule has 0 bridgehead atoms. The fourth-order valence-electron chi connectivity index (χ4n) is 4.27. The molecule has 0 aliphatic carbocycles. The number of hydrogen-bond donors (Lipinski definition) is 1. The number of benzene rings is 3. The summed E-state index contributed by atoms with van der Waals surface area (Å²) in [6.45, 7) is -0.0761. The van der Waals surface area contributed by atoms with Gasteiger partial charge in [-0.3, -0.25) is 9.59 Å². The van der Waals surface area contributed by atoms with E-state index in [1.807, 2.05) is 0 Å². The minimum atomic E-state index is -1.28. The first kappa shape index (κ1) is 24.5. The van der Waals surface area contributed by atoms with Crippen molar-refractivity contribution in [3.63, 3.8) is 0 Å². The van der Waals surface area contributed by atoms with Crippen LogP contribution in [0.5, 0.6) is 0 Å². The van der Waals surface area contributed by atoms with Crippen molar-refractivity contribution in [2.75, 3.05) is 6.54 Å². The van der Waals surface area contributed by atoms with E-state index in [4.69, 9.17) is 23.2 Å². The van der Waals surface area contributed by atoms with Gasteiger partial charge in [0, 0.05) is 34.0 Å². The molecule has 1 saturated heterocycles. The Kier molecular flexibility index (Phi) is 7.24. The summed E-state index contributed by atoms with van der Waals surface area (Å²) in [4.78, 5) is 39.2. The molecule has 0 saturated carbocycles. The zero-order valence-corrected chi connectivity index (χ0v) is 19.9. The van der Waals surface area contributed by atoms with Crippen molar-refractivity contribution in [2.24, 2.45) is 0 Å². The number of aliphatic carboxylic acids is 1. The lowest BCUT2D eigenvalue weighted by Crippen LogP contribution is -2.36. The Labute approximate surface area is 212 Å². The Hall–Kier alpha value is -3.61. The van der Waals surface area contributed by atoms with Gasteiger partial charge in [0.15, 0.2) is 0 Å². The zero-order valence-electron chi connectivity index (χ0n) is 18.4. The molecule has 0 spiro atoms. The normalized spacial score (nSPS) is 18.0. The van der Waals surface area contributed by atoms with Crippen LogP contribution in [0.15, 0.2) is 84.4 Å². The SMILES string of the molecule is O=C([O-])CC(CN1C(=O)C(=O)C(=C(O)c2ccc(Cl)cc2)C1c1ccc(Cl)cc1)c1ccccc1. The van der Waals surface area contributed by atoms with E-state index in [0.717, 1.165) is 0 Å². The molecule has 6 nitrogen and oxygen atoms in total. The smallest absolute Gasteiger partial charge is 0.295 e. The monoisotopic (exact) mass is 508 g/mol. The number of carboxylic acid groups (broad SMARTS) is 1. The van der Waals surface area contributed by atoms with E-state index in [2.05, 4.69) is 0 Å². The predicted octanol–water partition coefficient (Wildman–Crippen LogP) is 4.34. The largest absolute Gasteiger partial charge is 0.550 e. The van der Waals surface area contributed by atoms with Gasteiger partial charge < -0.3 is 19.9 Å². The second-order valence-corrected chi connectivity index (χ2v) is 9.07. The molecule has 1 aliphatic rings. The second kappa shape index (κ2) is 10.3. The number of hydrogen-bond acceptors (Lipinski definition) is 5. The standard InChI is InChI=1S/C27H21Cl2NO5/c28-20-10-6-17(7-11-20)24-23(25(33)18-8-12-21(29)13-9-18)26(34)27(35)30(24)15-19(14-22(31)32)16-4-2-1-3-5-16/h1-13,19,24,33H,14-15H2,(H,31,32)/p-1. The number of ketones is 1. The van der Waals surface area contributed by atoms with Crippen LogP contribution in [-0.2, 0) is 14.4 Å². The van der Waals surface area contributed by atoms with Crippen molar-refractivity contribution >= 4 is 46.6 Å². The third kappa shape index (κ3) is 5.24. The lowest BCUT2D eigenvalue weighted by molar-refractivity contribution is -0.306. The molecule has 3 aromatic carbocycles. The van der Waals surface area contributed by atoms with Crippen LogP contribution in [0.25, 0.3) is 5.76 Å². The summed E-state index contributed by atoms with van der Waals surface area (Å²) < 4.78 is 0. The highest BCUT2D eigenvalue weighted by Gasteiger charge is 2.46. The van der Waals surface area contributed by atoms with Crippen molar-refractivity contribution in [3.05, 3.63) is 111 Å². The first-order valence-electron chi connectivity index (χ1n) is 10.8. The Bertz CT molecular complexity index is 1290. The van der Waals surface area contributed by atoms with Gasteiger partial charge in [-0.15, -0.1) is 0 Å². The lowest BCUT2D eigenvalue weighted by atomic mass is 9.92. The second-order valence-electron chi connectivity index (χ2n) is 8.19. The summed E-state index contributed by atoms with van der Waals surface area (Å²) in [5.74, 6) is -3.96. The highest BCUT2D eigenvalue weighted by atomic mass is 35.5. The first-order chi connectivity index (χ1) is 16.8. The molecule has 1 N–H and O–H groups in total. The Morgan fingerprint density at radius 1 is 0.914 bits per heavy atom. The number of likely N-dealkylation sites (tertiary alicyclic amines) is 1. The molecule has 2 atom stereocenters. The molecule has 1 fully saturated rings. The van der Waals surface area contributed by atoms with Crippen LogP contribution in [0.3, 0.4) is 0 Å². The van der Waals surface area contributed by atoms with Gasteiger partial charge >= 0.3 is 0 Å². The van der Waals surface area contributed by atoms with Gasteiger partial charge in [0.25, 0.3) is 11.7 Å². The molecule has 1 aliphatic heterocycles. The summed E-state index contributed by atoms with van der Waals surface area (Å²) in [5.41, 5.74) is 1.45. The third-order valence-electron chi connectivity index (χ3n) is 5.94. The van der Waals surface area contributed by atoms with E-state index < -0.39 is 29.6 Å². The number of carbonyl (C=O) groups is 3. The van der Waals surface area contributed by atoms with Crippen LogP contribution < -0.4 is 5.11 Å². The maximum absolute atomic E-state index is 13.2. The number of Topliss-reactive ketones (excluding diaryl/α,β-unsaturated/α-hetero) is 1. The highest BCUT2D eigenvalue weighted by molar-refractivity contribution is 6.46. The molecule has 4 rings (SSSR count). The molecule has 2 unspecified atom stereocenters. The van der Waals surface area contributed by atoms with Crippen LogP contribution >= 0.6 is 23.2 Å². The molecule has 3 aromatic rings. The summed E-state index contributed by atoms with van der Waals surface area (Å²) >= 11 is 12.0. The van der Waals surface area contributed by atoms with Crippen LogP contribution in [0.1, 0.15) is 35.1 Å². The van der Waals surface area contributed by atoms with E-state index in [9.17, 15) is 24.6 Å². The third-order valence-corrected chi connectivity index (χ3v) is 6.45. The quantitative estimate of drug-likeness (QED) is 0.290. The average Bonchev–Trinajstić information content (AvgIpc) is 3.09. The molecular formula is C27H20Cl2NO5-. The summed E-state index contributed by atoms with van der Waals surface area (Å²) in [7, 11) is 0. The number of aliphatic hydroxyl groups excluding tert-OH is 1. The van der Waals surface area contributed by atoms with Gasteiger partial charge in [0.1, 0.15) is 5.76 Å². The fraction of sp³-hybridized carbons (Fsp3) is 0.148. The molecule has 35 heavy (non-hydrogen) atoms. The molecular weight excluding hydrogens is 489 g/mol. The van der Waals surface area contributed by atoms with Gasteiger partial charge in [-0.05, 0) is 53.9 Å². The molecule has 0 aromatic heterocycles. The Morgan fingerprint density at radius 3 is 2.06 bits per heavy atom. The number of aliphatic hydroxyl groups is 1. The minimum Gasteiger partial charge on any atom is -0.550 e. The maximum atomic E-state index is 13.2. The molecule has 178 valence electrons. The molecule has 1 amide bonds. The number of halogens is 2. The number of amides is 1. The first-order valence-corrected chi connectivity index (χ1v) is 11.6. The number of carbonyl (C=O) groups excluding carboxylic acids is 3. The number of carboxylic acids is 1. The molecule has 0 radical (unpaired) electrons. The van der Waals surface area contributed by atoms with Crippen molar-refractivity contribution < 1.29 is 24.6 Å². The van der Waals surface area contributed by atoms with E-state index in [1.54, 1.807) is 78.9 Å². The summed E-state index contributed by atoms with van der Waals surface area (Å²) in [6, 6.07) is 20.7. The van der Waals surface area contributed by atoms with Gasteiger partial charge in [-0.1, -0.05) is 65.7 Å². The van der Waals surface area contributed by atoms with Crippen LogP contribution in [-0.4, -0.2) is 34.2 Å². The highest BCUT2D eigenvalue weighted by Crippen LogP contribution is 2.41. The fourth-order valence-corrected chi connectivity index (χ4v) is 4.53. The average molecular weight is 509 g/mol. The molecule has 1 heterocycles. The van der Waals surface area contributed by atoms with Crippen LogP contribution in [0.2, 0.25) is 10.0 Å². The van der Waals surface area contributed by atoms with Crippen molar-refractivity contribution in [1.29, 1.82) is 0 Å². The Morgan fingerprint density at radius 2 is 1.49 bits per heavy atom. The van der Waals surface area contributed by atoms with Gasteiger partial charge in [-0.2, -0.15) is 0 Å². The number of rotatable bonds is 7. The van der Waals surface area contributed by atoms with Crippen molar-refractivity contribution in [3.8, 4) is 0 Å². The zero-order chi connectivity index (χ0) is 25.1. The van der Waals surface area contributed by atoms with E-state index in [-0.39, 0.29) is 24.3 Å². The van der Waals surface area contributed by atoms with Gasteiger partial charge in [-0.25, -0.2) is 0 Å². The summed E-state index contributed by atoms with van der Waals surface area (Å²) in [5, 5.41) is 23.5. The van der Waals surface area contributed by atoms with E-state index >= 15 is 0 Å². The minimum absolute atomic E-state index is 0.0761. The molecule has 8 heteroatoms. The van der Waals surface area contributed by atoms with Crippen LogP contribution in [0.4, 0.5) is 0 Å². The van der Waals surface area contributed by atoms with Crippen LogP contribution in [0, 0.1) is 0 Å². The van der Waals surface area contributed by atoms with Gasteiger partial charge in [0.2, 0.25) is 0 Å². The van der Waals surface area contributed by atoms with E-state index in [1.165, 1.54) is 4.90 Å². The maximum Gasteiger partial charge on any atom is 0.295 e. The van der Waals surface area contributed by atoms with Crippen molar-refractivity contribution in [1.82, 2.24) is 4.90 Å². The predicted molar refractivity (Wildman–Crippen MR) is 131 cm³/mol. The van der Waals surface area contributed by atoms with E-state index in [0.29, 0.717) is 26.7 Å². The van der Waals surface area contributed by atoms with Gasteiger partial charge in [0.05, 0.1) is 11.6 Å². The van der Waals surface area contributed by atoms with Crippen molar-refractivity contribution in [2.45, 2.75) is 18.4 Å². The lowest BCUT2D eigenvalue weighted by Gasteiger charge is -2.30. The Balaban J connectivity index is 1.83. The topological polar surface area (TPSA) is 97.7 Å².